The Morgan fingerprint density at radius 3 is 2.26 bits per heavy atom. The van der Waals surface area contributed by atoms with Gasteiger partial charge in [-0.15, -0.1) is 0 Å². The zero-order valence-corrected chi connectivity index (χ0v) is 19.6. The third-order valence-corrected chi connectivity index (χ3v) is 6.06. The van der Waals surface area contributed by atoms with Crippen molar-refractivity contribution in [2.24, 2.45) is 0 Å². The van der Waals surface area contributed by atoms with E-state index in [-0.39, 0.29) is 6.10 Å². The first-order chi connectivity index (χ1) is 17.0. The lowest BCUT2D eigenvalue weighted by molar-refractivity contribution is -0.168. The number of nitrogens with zero attached hydrogens (tertiary/aromatic N) is 1. The summed E-state index contributed by atoms with van der Waals surface area (Å²) in [6.45, 7) is 4.42. The van der Waals surface area contributed by atoms with E-state index in [9.17, 15) is 14.4 Å². The van der Waals surface area contributed by atoms with Gasteiger partial charge in [-0.05, 0) is 42.5 Å². The van der Waals surface area contributed by atoms with Crippen molar-refractivity contribution in [1.29, 1.82) is 0 Å². The Morgan fingerprint density at radius 2 is 1.51 bits per heavy atom. The second-order valence-electron chi connectivity index (χ2n) is 8.52. The number of rotatable bonds is 5. The number of amides is 1. The Morgan fingerprint density at radius 1 is 0.857 bits per heavy atom. The van der Waals surface area contributed by atoms with E-state index < -0.39 is 18.0 Å². The van der Waals surface area contributed by atoms with Gasteiger partial charge >= 0.3 is 18.0 Å². The monoisotopic (exact) mass is 472 g/mol. The first kappa shape index (κ1) is 24.2. The van der Waals surface area contributed by atoms with Crippen LogP contribution in [0.25, 0.3) is 11.1 Å². The van der Waals surface area contributed by atoms with Crippen molar-refractivity contribution in [3.05, 3.63) is 90.0 Å². The molecule has 1 N–H and O–H groups in total. The summed E-state index contributed by atoms with van der Waals surface area (Å²) < 4.78 is 9.99. The van der Waals surface area contributed by atoms with Crippen LogP contribution < -0.4 is 5.32 Å². The van der Waals surface area contributed by atoms with Crippen LogP contribution in [0.2, 0.25) is 0 Å². The highest BCUT2D eigenvalue weighted by Gasteiger charge is 2.28. The van der Waals surface area contributed by atoms with Crippen LogP contribution in [0.4, 0.5) is 10.5 Å². The van der Waals surface area contributed by atoms with Gasteiger partial charge in [-0.2, -0.15) is 0 Å². The number of carbonyl (C=O) groups is 3. The molecule has 7 heteroatoms. The largest absolute Gasteiger partial charge is 0.454 e. The molecule has 0 saturated carbocycles. The van der Waals surface area contributed by atoms with Gasteiger partial charge in [0.25, 0.3) is 0 Å². The lowest BCUT2D eigenvalue weighted by atomic mass is 10.0. The molecule has 0 unspecified atom stereocenters. The predicted octanol–water partition coefficient (Wildman–Crippen LogP) is 4.94. The fraction of sp³-hybridized carbons (Fsp3) is 0.250. The van der Waals surface area contributed by atoms with Gasteiger partial charge in [0.1, 0.15) is 6.10 Å². The maximum atomic E-state index is 12.3. The quantitative estimate of drug-likeness (QED) is 0.322. The molecule has 180 valence electrons. The molecule has 0 radical (unpaired) electrons. The van der Waals surface area contributed by atoms with E-state index in [4.69, 9.17) is 4.74 Å². The number of hydrogen-bond donors (Lipinski definition) is 1. The van der Waals surface area contributed by atoms with Crippen molar-refractivity contribution in [3.8, 4) is 11.1 Å². The summed E-state index contributed by atoms with van der Waals surface area (Å²) >= 11 is 0. The Hall–Kier alpha value is -3.97. The number of carbonyl (C=O) groups excluding carboxylic acids is 3. The summed E-state index contributed by atoms with van der Waals surface area (Å²) in [5.74, 6) is -2.49. The normalized spacial score (nSPS) is 14.2. The molecule has 1 fully saturated rings. The molecule has 1 aliphatic heterocycles. The summed E-state index contributed by atoms with van der Waals surface area (Å²) in [6, 6.07) is 24.8. The highest BCUT2D eigenvalue weighted by Crippen LogP contribution is 2.27. The molecule has 0 bridgehead atoms. The summed E-state index contributed by atoms with van der Waals surface area (Å²) in [7, 11) is 0. The summed E-state index contributed by atoms with van der Waals surface area (Å²) in [6.07, 6.45) is -0.197. The van der Waals surface area contributed by atoms with E-state index in [0.29, 0.717) is 18.5 Å². The number of nitrogens with one attached hydrogen (secondary N) is 1. The second kappa shape index (κ2) is 11.4. The minimum atomic E-state index is -1.33. The first-order valence-corrected chi connectivity index (χ1v) is 11.6. The van der Waals surface area contributed by atoms with Crippen molar-refractivity contribution < 1.29 is 23.9 Å². The van der Waals surface area contributed by atoms with E-state index in [0.717, 1.165) is 30.8 Å². The van der Waals surface area contributed by atoms with Gasteiger partial charge in [0.15, 0.2) is 0 Å². The molecule has 0 spiro atoms. The van der Waals surface area contributed by atoms with E-state index in [1.54, 1.807) is 12.1 Å². The number of ether oxygens (including phenoxy) is 2. The third-order valence-electron chi connectivity index (χ3n) is 6.06. The van der Waals surface area contributed by atoms with Gasteiger partial charge in [-0.1, -0.05) is 72.8 Å². The van der Waals surface area contributed by atoms with Gasteiger partial charge < -0.3 is 9.47 Å². The fourth-order valence-electron chi connectivity index (χ4n) is 4.14. The van der Waals surface area contributed by atoms with E-state index in [2.05, 4.69) is 34.0 Å². The van der Waals surface area contributed by atoms with Crippen LogP contribution in [0.1, 0.15) is 24.0 Å². The molecule has 7 nitrogen and oxygen atoms in total. The Bertz CT molecular complexity index is 1190. The highest BCUT2D eigenvalue weighted by atomic mass is 16.6. The highest BCUT2D eigenvalue weighted by molar-refractivity contribution is 6.31. The van der Waals surface area contributed by atoms with Crippen molar-refractivity contribution in [2.45, 2.75) is 32.4 Å². The van der Waals surface area contributed by atoms with Crippen LogP contribution in [0, 0.1) is 6.92 Å². The Labute approximate surface area is 204 Å². The van der Waals surface area contributed by atoms with Crippen molar-refractivity contribution in [1.82, 2.24) is 4.90 Å². The number of likely N-dealkylation sites (tertiary alicyclic amines) is 1. The van der Waals surface area contributed by atoms with Crippen molar-refractivity contribution >= 4 is 23.7 Å². The van der Waals surface area contributed by atoms with Gasteiger partial charge in [0.05, 0.1) is 5.69 Å². The number of anilines is 1. The molecule has 3 aromatic carbocycles. The predicted molar refractivity (Wildman–Crippen MR) is 133 cm³/mol. The molecule has 1 saturated heterocycles. The molecule has 1 heterocycles. The van der Waals surface area contributed by atoms with Crippen LogP contribution >= 0.6 is 0 Å². The topological polar surface area (TPSA) is 84.9 Å². The first-order valence-electron chi connectivity index (χ1n) is 11.6. The molecule has 1 aliphatic rings. The molecule has 4 rings (SSSR count). The maximum Gasteiger partial charge on any atom is 0.426 e. The molecule has 0 aliphatic carbocycles. The van der Waals surface area contributed by atoms with E-state index in [1.807, 2.05) is 54.6 Å². The molecule has 1 amide bonds. The average molecular weight is 473 g/mol. The lowest BCUT2D eigenvalue weighted by Crippen LogP contribution is -2.39. The van der Waals surface area contributed by atoms with Crippen LogP contribution in [0.15, 0.2) is 78.9 Å². The van der Waals surface area contributed by atoms with Crippen molar-refractivity contribution in [3.63, 3.8) is 0 Å². The zero-order chi connectivity index (χ0) is 24.6. The van der Waals surface area contributed by atoms with Crippen LogP contribution in [-0.4, -0.2) is 42.1 Å². The lowest BCUT2D eigenvalue weighted by Gasteiger charge is -2.31. The van der Waals surface area contributed by atoms with Crippen LogP contribution in [0.3, 0.4) is 0 Å². The Balaban J connectivity index is 1.25. The SMILES string of the molecule is Cc1ccccc1CN1CCC(OC(=O)C(=O)OC(=O)Nc2ccccc2-c2ccccc2)CC1. The third kappa shape index (κ3) is 6.55. The summed E-state index contributed by atoms with van der Waals surface area (Å²) in [5.41, 5.74) is 4.63. The number of aryl methyl sites for hydroxylation is 1. The van der Waals surface area contributed by atoms with Gasteiger partial charge in [-0.3, -0.25) is 10.2 Å². The Kier molecular flexibility index (Phi) is 7.90. The van der Waals surface area contributed by atoms with Gasteiger partial charge in [0, 0.05) is 25.2 Å². The van der Waals surface area contributed by atoms with E-state index in [1.165, 1.54) is 11.1 Å². The van der Waals surface area contributed by atoms with Crippen LogP contribution in [-0.2, 0) is 25.6 Å². The molecular formula is C28H28N2O5. The maximum absolute atomic E-state index is 12.3. The average Bonchev–Trinajstić information content (AvgIpc) is 2.87. The number of esters is 2. The molecule has 0 aromatic heterocycles. The summed E-state index contributed by atoms with van der Waals surface area (Å²) in [5, 5.41) is 2.54. The molecular weight excluding hydrogens is 444 g/mol. The minimum Gasteiger partial charge on any atom is -0.454 e. The number of hydrogen-bond acceptors (Lipinski definition) is 6. The summed E-state index contributed by atoms with van der Waals surface area (Å²) in [4.78, 5) is 38.9. The van der Waals surface area contributed by atoms with Crippen LogP contribution in [0.5, 0.6) is 0 Å². The number of para-hydroxylation sites is 1. The molecule has 3 aromatic rings. The number of benzene rings is 3. The minimum absolute atomic E-state index is 0.384. The fourth-order valence-corrected chi connectivity index (χ4v) is 4.14. The zero-order valence-electron chi connectivity index (χ0n) is 19.6. The smallest absolute Gasteiger partial charge is 0.426 e. The van der Waals surface area contributed by atoms with E-state index >= 15 is 0 Å². The molecule has 0 atom stereocenters. The van der Waals surface area contributed by atoms with Gasteiger partial charge in [-0.25, -0.2) is 14.4 Å². The van der Waals surface area contributed by atoms with Gasteiger partial charge in [0.2, 0.25) is 0 Å². The molecule has 35 heavy (non-hydrogen) atoms. The second-order valence-corrected chi connectivity index (χ2v) is 8.52. The van der Waals surface area contributed by atoms with Crippen molar-refractivity contribution in [2.75, 3.05) is 18.4 Å². The standard InChI is InChI=1S/C28H28N2O5/c1-20-9-5-6-12-22(20)19-30-17-15-23(16-18-30)34-26(31)27(32)35-28(33)29-25-14-8-7-13-24(25)21-10-3-2-4-11-21/h2-14,23H,15-19H2,1H3,(H,29,33). The number of piperidine rings is 1.